The Hall–Kier alpha value is -0.930. The van der Waals surface area contributed by atoms with Gasteiger partial charge in [-0.1, -0.05) is 0 Å². The summed E-state index contributed by atoms with van der Waals surface area (Å²) in [5.74, 6) is 0.554. The Balaban J connectivity index is 1.85. The lowest BCUT2D eigenvalue weighted by Crippen LogP contribution is -2.50. The number of nitrogens with zero attached hydrogens (tertiary/aromatic N) is 2. The second kappa shape index (κ2) is 5.37. The third-order valence-corrected chi connectivity index (χ3v) is 3.68. The Bertz CT molecular complexity index is 491. The Morgan fingerprint density at radius 3 is 2.56 bits per heavy atom. The van der Waals surface area contributed by atoms with Gasteiger partial charge in [-0.2, -0.15) is 0 Å². The highest BCUT2D eigenvalue weighted by Crippen LogP contribution is 2.12. The van der Waals surface area contributed by atoms with Crippen LogP contribution in [0, 0.1) is 0 Å². The summed E-state index contributed by atoms with van der Waals surface area (Å²) in [6.07, 6.45) is 0. The number of hydrogen-bond donors (Lipinski definition) is 2. The van der Waals surface area contributed by atoms with Crippen LogP contribution >= 0.6 is 0 Å². The Morgan fingerprint density at radius 2 is 2.00 bits per heavy atom. The molecule has 0 aliphatic carbocycles. The lowest BCUT2D eigenvalue weighted by Gasteiger charge is -2.32. The van der Waals surface area contributed by atoms with Crippen molar-refractivity contribution < 1.29 is 12.8 Å². The zero-order chi connectivity index (χ0) is 13.2. The molecule has 0 bridgehead atoms. The smallest absolute Gasteiger partial charge is 0.271 e. The zero-order valence-corrected chi connectivity index (χ0v) is 11.1. The molecule has 2 rings (SSSR count). The van der Waals surface area contributed by atoms with Gasteiger partial charge < -0.3 is 9.32 Å². The molecule has 0 spiro atoms. The van der Waals surface area contributed by atoms with E-state index in [0.717, 1.165) is 26.2 Å². The summed E-state index contributed by atoms with van der Waals surface area (Å²) in [7, 11) is -1.66. The van der Waals surface area contributed by atoms with Gasteiger partial charge in [0.15, 0.2) is 0 Å². The minimum Gasteiger partial charge on any atom is -0.447 e. The monoisotopic (exact) mass is 274 g/mol. The molecule has 1 aliphatic heterocycles. The number of hydrazine groups is 1. The molecule has 0 atom stereocenters. The number of nitrogens with one attached hydrogen (secondary N) is 1. The van der Waals surface area contributed by atoms with Gasteiger partial charge in [0.2, 0.25) is 5.09 Å². The average molecular weight is 274 g/mol. The molecule has 0 radical (unpaired) electrons. The van der Waals surface area contributed by atoms with Crippen LogP contribution in [0.5, 0.6) is 0 Å². The second-order valence-electron chi connectivity index (χ2n) is 4.39. The fourth-order valence-corrected chi connectivity index (χ4v) is 2.24. The number of sulfonamides is 1. The van der Waals surface area contributed by atoms with E-state index in [0.29, 0.717) is 12.3 Å². The van der Waals surface area contributed by atoms with Crippen molar-refractivity contribution in [3.63, 3.8) is 0 Å². The summed E-state index contributed by atoms with van der Waals surface area (Å²) < 4.78 is 27.2. The van der Waals surface area contributed by atoms with E-state index in [9.17, 15) is 8.42 Å². The SMILES string of the molecule is CN1CCN(NCc2ccc(S(N)(=O)=O)o2)CC1. The second-order valence-corrected chi connectivity index (χ2v) is 5.88. The summed E-state index contributed by atoms with van der Waals surface area (Å²) in [6, 6.07) is 2.99. The topological polar surface area (TPSA) is 91.8 Å². The highest BCUT2D eigenvalue weighted by atomic mass is 32.2. The molecule has 1 fully saturated rings. The molecular formula is C10H18N4O3S. The van der Waals surface area contributed by atoms with Crippen molar-refractivity contribution in [2.45, 2.75) is 11.6 Å². The quantitative estimate of drug-likeness (QED) is 0.745. The van der Waals surface area contributed by atoms with Gasteiger partial charge in [-0.3, -0.25) is 0 Å². The third kappa shape index (κ3) is 3.53. The Labute approximate surface area is 107 Å². The first-order valence-corrected chi connectivity index (χ1v) is 7.28. The molecule has 3 N–H and O–H groups in total. The maximum atomic E-state index is 11.0. The number of furan rings is 1. The van der Waals surface area contributed by atoms with Crippen LogP contribution in [0.2, 0.25) is 0 Å². The molecule has 8 heteroatoms. The van der Waals surface area contributed by atoms with E-state index in [1.54, 1.807) is 6.07 Å². The molecule has 0 amide bonds. The molecule has 1 aromatic heterocycles. The maximum absolute atomic E-state index is 11.0. The highest BCUT2D eigenvalue weighted by Gasteiger charge is 2.15. The molecule has 0 saturated carbocycles. The summed E-state index contributed by atoms with van der Waals surface area (Å²) >= 11 is 0. The van der Waals surface area contributed by atoms with Gasteiger partial charge in [-0.15, -0.1) is 0 Å². The standard InChI is InChI=1S/C10H18N4O3S/c1-13-4-6-14(7-5-13)12-8-9-2-3-10(17-9)18(11,15)16/h2-3,12H,4-8H2,1H3,(H2,11,15,16). The van der Waals surface area contributed by atoms with Crippen molar-refractivity contribution >= 4 is 10.0 Å². The van der Waals surface area contributed by atoms with E-state index in [-0.39, 0.29) is 5.09 Å². The normalized spacial score (nSPS) is 19.2. The predicted octanol–water partition coefficient (Wildman–Crippen LogP) is -0.821. The van der Waals surface area contributed by atoms with Crippen molar-refractivity contribution in [2.24, 2.45) is 5.14 Å². The number of nitrogens with two attached hydrogens (primary N) is 1. The van der Waals surface area contributed by atoms with Crippen molar-refractivity contribution in [1.29, 1.82) is 0 Å². The van der Waals surface area contributed by atoms with Gasteiger partial charge in [0.05, 0.1) is 6.54 Å². The van der Waals surface area contributed by atoms with Crippen LogP contribution in [0.15, 0.2) is 21.6 Å². The molecule has 102 valence electrons. The fourth-order valence-electron chi connectivity index (χ4n) is 1.76. The van der Waals surface area contributed by atoms with Crippen molar-refractivity contribution in [2.75, 3.05) is 33.2 Å². The van der Waals surface area contributed by atoms with E-state index in [1.807, 2.05) is 0 Å². The first-order chi connectivity index (χ1) is 8.45. The van der Waals surface area contributed by atoms with Gasteiger partial charge in [0.25, 0.3) is 10.0 Å². The van der Waals surface area contributed by atoms with Crippen molar-refractivity contribution in [3.05, 3.63) is 17.9 Å². The van der Waals surface area contributed by atoms with Crippen LogP contribution in [0.25, 0.3) is 0 Å². The number of primary sulfonamides is 1. The third-order valence-electron chi connectivity index (χ3n) is 2.90. The van der Waals surface area contributed by atoms with E-state index in [2.05, 4.69) is 22.4 Å². The zero-order valence-electron chi connectivity index (χ0n) is 10.3. The molecule has 2 heterocycles. The van der Waals surface area contributed by atoms with E-state index in [4.69, 9.17) is 9.56 Å². The van der Waals surface area contributed by atoms with Gasteiger partial charge >= 0.3 is 0 Å². The molecule has 1 aromatic rings. The molecule has 18 heavy (non-hydrogen) atoms. The first kappa shape index (κ1) is 13.5. The minimum atomic E-state index is -3.75. The van der Waals surface area contributed by atoms with E-state index in [1.165, 1.54) is 6.07 Å². The Morgan fingerprint density at radius 1 is 1.33 bits per heavy atom. The average Bonchev–Trinajstić information content (AvgIpc) is 2.77. The minimum absolute atomic E-state index is 0.197. The van der Waals surface area contributed by atoms with Crippen molar-refractivity contribution in [1.82, 2.24) is 15.3 Å². The van der Waals surface area contributed by atoms with Crippen LogP contribution in [-0.2, 0) is 16.6 Å². The van der Waals surface area contributed by atoms with Gasteiger partial charge in [0.1, 0.15) is 5.76 Å². The molecule has 1 saturated heterocycles. The van der Waals surface area contributed by atoms with Crippen LogP contribution in [-0.4, -0.2) is 51.6 Å². The largest absolute Gasteiger partial charge is 0.447 e. The fraction of sp³-hybridized carbons (Fsp3) is 0.600. The molecule has 0 unspecified atom stereocenters. The number of rotatable bonds is 4. The number of hydrogen-bond acceptors (Lipinski definition) is 6. The molecule has 1 aliphatic rings. The van der Waals surface area contributed by atoms with E-state index < -0.39 is 10.0 Å². The van der Waals surface area contributed by atoms with Gasteiger partial charge in [0, 0.05) is 26.2 Å². The molecule has 0 aromatic carbocycles. The van der Waals surface area contributed by atoms with Crippen LogP contribution in [0.1, 0.15) is 5.76 Å². The summed E-state index contributed by atoms with van der Waals surface area (Å²) in [4.78, 5) is 2.25. The highest BCUT2D eigenvalue weighted by molar-refractivity contribution is 7.89. The summed E-state index contributed by atoms with van der Waals surface area (Å²) in [6.45, 7) is 4.33. The lowest BCUT2D eigenvalue weighted by molar-refractivity contribution is 0.0985. The van der Waals surface area contributed by atoms with Crippen molar-refractivity contribution in [3.8, 4) is 0 Å². The number of likely N-dealkylation sites (N-methyl/N-ethyl adjacent to an activating group) is 1. The van der Waals surface area contributed by atoms with Gasteiger partial charge in [-0.05, 0) is 19.2 Å². The lowest BCUT2D eigenvalue weighted by atomic mass is 10.4. The molecular weight excluding hydrogens is 256 g/mol. The van der Waals surface area contributed by atoms with Crippen LogP contribution in [0.4, 0.5) is 0 Å². The predicted molar refractivity (Wildman–Crippen MR) is 66.0 cm³/mol. The van der Waals surface area contributed by atoms with Crippen LogP contribution < -0.4 is 10.6 Å². The van der Waals surface area contributed by atoms with Crippen LogP contribution in [0.3, 0.4) is 0 Å². The number of piperazine rings is 1. The Kier molecular flexibility index (Phi) is 4.03. The summed E-state index contributed by atoms with van der Waals surface area (Å²) in [5.41, 5.74) is 3.20. The maximum Gasteiger partial charge on any atom is 0.271 e. The van der Waals surface area contributed by atoms with E-state index >= 15 is 0 Å². The molecule has 7 nitrogen and oxygen atoms in total. The first-order valence-electron chi connectivity index (χ1n) is 5.73. The van der Waals surface area contributed by atoms with Gasteiger partial charge in [-0.25, -0.2) is 24.0 Å². The summed E-state index contributed by atoms with van der Waals surface area (Å²) in [5, 5.41) is 6.87.